The molecular weight excluding hydrogens is 340 g/mol. The molecule has 134 valence electrons. The molecule has 1 N–H and O–H groups in total. The lowest BCUT2D eigenvalue weighted by atomic mass is 10.3. The highest BCUT2D eigenvalue weighted by Crippen LogP contribution is 2.26. The number of nitrogens with zero attached hydrogens (tertiary/aromatic N) is 1. The first-order chi connectivity index (χ1) is 11.8. The highest BCUT2D eigenvalue weighted by molar-refractivity contribution is 7.92. The fourth-order valence-corrected chi connectivity index (χ4v) is 3.73. The summed E-state index contributed by atoms with van der Waals surface area (Å²) in [5.41, 5.74) is 0.363. The summed E-state index contributed by atoms with van der Waals surface area (Å²) in [5.74, 6) is 0.132. The summed E-state index contributed by atoms with van der Waals surface area (Å²) in [6.45, 7) is 3.32. The topological polar surface area (TPSA) is 75.7 Å². The second-order valence-corrected chi connectivity index (χ2v) is 7.61. The summed E-state index contributed by atoms with van der Waals surface area (Å²) in [6, 6.07) is 14.6. The molecule has 2 aromatic rings. The first-order valence-electron chi connectivity index (χ1n) is 7.86. The minimum atomic E-state index is -3.89. The molecule has 0 aliphatic heterocycles. The number of hydrogen-bond acceptors (Lipinski definition) is 4. The highest BCUT2D eigenvalue weighted by Gasteiger charge is 2.27. The normalized spacial score (nSPS) is 11.2. The maximum atomic E-state index is 13.1. The molecule has 0 heterocycles. The summed E-state index contributed by atoms with van der Waals surface area (Å²) < 4.78 is 32.4. The van der Waals surface area contributed by atoms with Crippen LogP contribution in [-0.2, 0) is 14.8 Å². The minimum Gasteiger partial charge on any atom is -0.497 e. The molecule has 0 aromatic heterocycles. The molecule has 0 atom stereocenters. The number of sulfonamides is 1. The molecule has 25 heavy (non-hydrogen) atoms. The van der Waals surface area contributed by atoms with Crippen molar-refractivity contribution in [3.63, 3.8) is 0 Å². The van der Waals surface area contributed by atoms with E-state index >= 15 is 0 Å². The van der Waals surface area contributed by atoms with Gasteiger partial charge in [0, 0.05) is 12.1 Å². The Hall–Kier alpha value is -2.54. The number of rotatable bonds is 7. The number of hydrogen-bond donors (Lipinski definition) is 1. The Morgan fingerprint density at radius 1 is 1.12 bits per heavy atom. The van der Waals surface area contributed by atoms with Crippen LogP contribution in [0.2, 0.25) is 0 Å². The molecule has 2 aromatic carbocycles. The van der Waals surface area contributed by atoms with Gasteiger partial charge in [0.05, 0.1) is 17.7 Å². The van der Waals surface area contributed by atoms with Gasteiger partial charge in [0.1, 0.15) is 12.3 Å². The third kappa shape index (κ3) is 4.73. The van der Waals surface area contributed by atoms with Crippen molar-refractivity contribution in [1.29, 1.82) is 0 Å². The van der Waals surface area contributed by atoms with Gasteiger partial charge in [-0.2, -0.15) is 0 Å². The van der Waals surface area contributed by atoms with Crippen LogP contribution in [0.25, 0.3) is 0 Å². The van der Waals surface area contributed by atoms with E-state index in [9.17, 15) is 13.2 Å². The maximum absolute atomic E-state index is 13.1. The van der Waals surface area contributed by atoms with E-state index in [0.717, 1.165) is 4.31 Å². The molecule has 0 aliphatic rings. The molecule has 0 saturated heterocycles. The summed E-state index contributed by atoms with van der Waals surface area (Å²) in [7, 11) is -2.39. The van der Waals surface area contributed by atoms with Crippen molar-refractivity contribution in [2.75, 3.05) is 18.0 Å². The van der Waals surface area contributed by atoms with Crippen LogP contribution in [0.5, 0.6) is 5.75 Å². The second kappa shape index (κ2) is 8.02. The third-order valence-electron chi connectivity index (χ3n) is 3.41. The van der Waals surface area contributed by atoms with Gasteiger partial charge in [-0.3, -0.25) is 9.10 Å². The van der Waals surface area contributed by atoms with Crippen LogP contribution in [0, 0.1) is 0 Å². The lowest BCUT2D eigenvalue weighted by Gasteiger charge is -2.25. The molecule has 2 rings (SSSR count). The van der Waals surface area contributed by atoms with E-state index in [1.807, 2.05) is 13.8 Å². The molecule has 6 nitrogen and oxygen atoms in total. The lowest BCUT2D eigenvalue weighted by molar-refractivity contribution is -0.120. The number of methoxy groups -OCH3 is 1. The Morgan fingerprint density at radius 2 is 1.80 bits per heavy atom. The Morgan fingerprint density at radius 3 is 2.40 bits per heavy atom. The zero-order chi connectivity index (χ0) is 18.4. The van der Waals surface area contributed by atoms with Gasteiger partial charge in [0.2, 0.25) is 5.91 Å². The van der Waals surface area contributed by atoms with Crippen molar-refractivity contribution in [3.05, 3.63) is 54.6 Å². The van der Waals surface area contributed by atoms with E-state index < -0.39 is 10.0 Å². The molecule has 0 bridgehead atoms. The van der Waals surface area contributed by atoms with Crippen molar-refractivity contribution < 1.29 is 17.9 Å². The van der Waals surface area contributed by atoms with Crippen LogP contribution < -0.4 is 14.4 Å². The number of benzene rings is 2. The highest BCUT2D eigenvalue weighted by atomic mass is 32.2. The first kappa shape index (κ1) is 18.8. The quantitative estimate of drug-likeness (QED) is 0.821. The SMILES string of the molecule is COc1cccc(N(CC(=O)NC(C)C)S(=O)(=O)c2ccccc2)c1. The maximum Gasteiger partial charge on any atom is 0.264 e. The molecule has 7 heteroatoms. The fourth-order valence-electron chi connectivity index (χ4n) is 2.30. The average Bonchev–Trinajstić information content (AvgIpc) is 2.59. The standard InChI is InChI=1S/C18H22N2O4S/c1-14(2)19-18(21)13-20(15-8-7-9-16(12-15)24-3)25(22,23)17-10-5-4-6-11-17/h4-12,14H,13H2,1-3H3,(H,19,21). The first-order valence-corrected chi connectivity index (χ1v) is 9.30. The van der Waals surface area contributed by atoms with Crippen LogP contribution in [-0.4, -0.2) is 34.0 Å². The minimum absolute atomic E-state index is 0.0842. The van der Waals surface area contributed by atoms with Crippen LogP contribution >= 0.6 is 0 Å². The second-order valence-electron chi connectivity index (χ2n) is 5.75. The van der Waals surface area contributed by atoms with E-state index in [1.54, 1.807) is 42.5 Å². The summed E-state index contributed by atoms with van der Waals surface area (Å²) in [6.07, 6.45) is 0. The van der Waals surface area contributed by atoms with Gasteiger partial charge in [-0.15, -0.1) is 0 Å². The van der Waals surface area contributed by atoms with E-state index in [-0.39, 0.29) is 23.4 Å². The lowest BCUT2D eigenvalue weighted by Crippen LogP contribution is -2.42. The predicted molar refractivity (Wildman–Crippen MR) is 97.2 cm³/mol. The Bertz CT molecular complexity index is 820. The molecule has 0 spiro atoms. The zero-order valence-electron chi connectivity index (χ0n) is 14.5. The Balaban J connectivity index is 2.46. The van der Waals surface area contributed by atoms with E-state index in [1.165, 1.54) is 19.2 Å². The van der Waals surface area contributed by atoms with Crippen LogP contribution in [0.4, 0.5) is 5.69 Å². The van der Waals surface area contributed by atoms with E-state index in [2.05, 4.69) is 5.32 Å². The molecule has 0 aliphatic carbocycles. The molecule has 0 unspecified atom stereocenters. The predicted octanol–water partition coefficient (Wildman–Crippen LogP) is 2.42. The van der Waals surface area contributed by atoms with Crippen LogP contribution in [0.15, 0.2) is 59.5 Å². The number of carbonyl (C=O) groups is 1. The van der Waals surface area contributed by atoms with E-state index in [0.29, 0.717) is 11.4 Å². The Kier molecular flexibility index (Phi) is 6.03. The summed E-state index contributed by atoms with van der Waals surface area (Å²) >= 11 is 0. The average molecular weight is 362 g/mol. The number of amides is 1. The van der Waals surface area contributed by atoms with E-state index in [4.69, 9.17) is 4.74 Å². The van der Waals surface area contributed by atoms with Gasteiger partial charge >= 0.3 is 0 Å². The number of ether oxygens (including phenoxy) is 1. The molecule has 0 fully saturated rings. The van der Waals surface area contributed by atoms with Crippen molar-refractivity contribution in [3.8, 4) is 5.75 Å². The van der Waals surface area contributed by atoms with Crippen molar-refractivity contribution >= 4 is 21.6 Å². The van der Waals surface area contributed by atoms with Gasteiger partial charge < -0.3 is 10.1 Å². The van der Waals surface area contributed by atoms with Crippen molar-refractivity contribution in [1.82, 2.24) is 5.32 Å². The monoisotopic (exact) mass is 362 g/mol. The van der Waals surface area contributed by atoms with Gasteiger partial charge in [-0.1, -0.05) is 24.3 Å². The number of nitrogens with one attached hydrogen (secondary N) is 1. The number of anilines is 1. The third-order valence-corrected chi connectivity index (χ3v) is 5.20. The molecule has 0 saturated carbocycles. The summed E-state index contributed by atoms with van der Waals surface area (Å²) in [5, 5.41) is 2.72. The largest absolute Gasteiger partial charge is 0.497 e. The van der Waals surface area contributed by atoms with Gasteiger partial charge in [0.15, 0.2) is 0 Å². The zero-order valence-corrected chi connectivity index (χ0v) is 15.3. The fraction of sp³-hybridized carbons (Fsp3) is 0.278. The molecule has 1 amide bonds. The van der Waals surface area contributed by atoms with Gasteiger partial charge in [0.25, 0.3) is 10.0 Å². The van der Waals surface area contributed by atoms with Crippen LogP contribution in [0.3, 0.4) is 0 Å². The smallest absolute Gasteiger partial charge is 0.264 e. The van der Waals surface area contributed by atoms with Gasteiger partial charge in [-0.25, -0.2) is 8.42 Å². The molecule has 0 radical (unpaired) electrons. The van der Waals surface area contributed by atoms with Crippen molar-refractivity contribution in [2.24, 2.45) is 0 Å². The number of carbonyl (C=O) groups excluding carboxylic acids is 1. The van der Waals surface area contributed by atoms with Crippen LogP contribution in [0.1, 0.15) is 13.8 Å². The van der Waals surface area contributed by atoms with Gasteiger partial charge in [-0.05, 0) is 38.1 Å². The molecular formula is C18H22N2O4S. The summed E-state index contributed by atoms with van der Waals surface area (Å²) in [4.78, 5) is 12.3. The van der Waals surface area contributed by atoms with Crippen molar-refractivity contribution in [2.45, 2.75) is 24.8 Å². The Labute approximate surface area is 148 Å².